The molecule has 0 bridgehead atoms. The number of piperidine rings is 1. The van der Waals surface area contributed by atoms with Crippen molar-refractivity contribution in [3.8, 4) is 0 Å². The molecule has 2 rings (SSSR count). The highest BCUT2D eigenvalue weighted by atomic mass is 16.7. The summed E-state index contributed by atoms with van der Waals surface area (Å²) >= 11 is 0. The van der Waals surface area contributed by atoms with Crippen LogP contribution in [0.4, 0.5) is 11.4 Å². The molecule has 1 aliphatic rings. The van der Waals surface area contributed by atoms with Crippen LogP contribution in [0.25, 0.3) is 0 Å². The fraction of sp³-hybridized carbons (Fsp3) is 0.600. The van der Waals surface area contributed by atoms with Crippen molar-refractivity contribution in [2.24, 2.45) is 5.41 Å². The maximum Gasteiger partial charge on any atom is 0.330 e. The standard InChI is InChI=1S/C15H22N4O5/c1-15(2,3)14(20)24-18-8-4-11(5-9-18)16-12-10-17(21)7-6-13(12)19(22)23/h6-7,10-11,16H,4-5,8-9H2,1-3H3. The summed E-state index contributed by atoms with van der Waals surface area (Å²) in [4.78, 5) is 27.7. The van der Waals surface area contributed by atoms with Gasteiger partial charge in [0, 0.05) is 19.1 Å². The summed E-state index contributed by atoms with van der Waals surface area (Å²) in [6, 6.07) is 1.14. The Bertz CT molecular complexity index is 621. The number of nitrogens with one attached hydrogen (secondary N) is 1. The number of aromatic nitrogens is 1. The number of hydrogen-bond acceptors (Lipinski definition) is 7. The Labute approximate surface area is 139 Å². The molecule has 132 valence electrons. The number of pyridine rings is 1. The van der Waals surface area contributed by atoms with Crippen molar-refractivity contribution in [1.29, 1.82) is 0 Å². The molecule has 0 spiro atoms. The molecule has 0 aromatic carbocycles. The quantitative estimate of drug-likeness (QED) is 0.384. The predicted octanol–water partition coefficient (Wildman–Crippen LogP) is 1.61. The molecule has 1 N–H and O–H groups in total. The van der Waals surface area contributed by atoms with Gasteiger partial charge in [-0.15, -0.1) is 5.06 Å². The third-order valence-corrected chi connectivity index (χ3v) is 3.75. The molecule has 0 saturated carbocycles. The van der Waals surface area contributed by atoms with Gasteiger partial charge in [0.2, 0.25) is 6.20 Å². The zero-order valence-corrected chi connectivity index (χ0v) is 14.0. The Kier molecular flexibility index (Phi) is 5.23. The van der Waals surface area contributed by atoms with Crippen LogP contribution in [-0.4, -0.2) is 35.1 Å². The first-order valence-corrected chi connectivity index (χ1v) is 7.78. The highest BCUT2D eigenvalue weighted by Crippen LogP contribution is 2.25. The third-order valence-electron chi connectivity index (χ3n) is 3.75. The number of carbonyl (C=O) groups excluding carboxylic acids is 1. The van der Waals surface area contributed by atoms with Crippen molar-refractivity contribution >= 4 is 17.3 Å². The van der Waals surface area contributed by atoms with E-state index in [1.807, 2.05) is 0 Å². The lowest BCUT2D eigenvalue weighted by molar-refractivity contribution is -0.605. The van der Waals surface area contributed by atoms with E-state index in [1.165, 1.54) is 6.07 Å². The minimum Gasteiger partial charge on any atom is -0.619 e. The average Bonchev–Trinajstić information content (AvgIpc) is 2.48. The molecule has 0 amide bonds. The monoisotopic (exact) mass is 338 g/mol. The van der Waals surface area contributed by atoms with Crippen molar-refractivity contribution in [1.82, 2.24) is 5.06 Å². The first-order chi connectivity index (χ1) is 11.2. The predicted molar refractivity (Wildman–Crippen MR) is 85.8 cm³/mol. The highest BCUT2D eigenvalue weighted by Gasteiger charge is 2.29. The van der Waals surface area contributed by atoms with E-state index in [1.54, 1.807) is 25.8 Å². The Hall–Kier alpha value is -2.42. The normalized spacial score (nSPS) is 16.6. The van der Waals surface area contributed by atoms with Gasteiger partial charge in [-0.25, -0.2) is 4.79 Å². The minimum absolute atomic E-state index is 0.0318. The molecule has 1 aliphatic heterocycles. The summed E-state index contributed by atoms with van der Waals surface area (Å²) in [5, 5.41) is 27.0. The van der Waals surface area contributed by atoms with Gasteiger partial charge in [0.05, 0.1) is 16.4 Å². The van der Waals surface area contributed by atoms with Crippen molar-refractivity contribution in [3.63, 3.8) is 0 Å². The van der Waals surface area contributed by atoms with Crippen LogP contribution in [0.3, 0.4) is 0 Å². The van der Waals surface area contributed by atoms with Gasteiger partial charge < -0.3 is 15.4 Å². The van der Waals surface area contributed by atoms with Crippen LogP contribution in [0, 0.1) is 20.7 Å². The van der Waals surface area contributed by atoms with Crippen LogP contribution in [-0.2, 0) is 9.63 Å². The number of hydrogen-bond donors (Lipinski definition) is 1. The van der Waals surface area contributed by atoms with Crippen molar-refractivity contribution in [2.45, 2.75) is 39.7 Å². The third kappa shape index (κ3) is 4.54. The molecule has 1 saturated heterocycles. The number of nitrogens with zero attached hydrogens (tertiary/aromatic N) is 3. The lowest BCUT2D eigenvalue weighted by Crippen LogP contribution is -2.42. The van der Waals surface area contributed by atoms with Gasteiger partial charge in [-0.2, -0.15) is 4.73 Å². The Morgan fingerprint density at radius 3 is 2.58 bits per heavy atom. The fourth-order valence-corrected chi connectivity index (χ4v) is 2.31. The van der Waals surface area contributed by atoms with Gasteiger partial charge in [0.25, 0.3) is 0 Å². The number of nitro groups is 1. The Morgan fingerprint density at radius 1 is 1.42 bits per heavy atom. The summed E-state index contributed by atoms with van der Waals surface area (Å²) in [6.45, 7) is 6.41. The summed E-state index contributed by atoms with van der Waals surface area (Å²) < 4.78 is 0.523. The second kappa shape index (κ2) is 7.00. The first kappa shape index (κ1) is 17.9. The largest absolute Gasteiger partial charge is 0.619 e. The van der Waals surface area contributed by atoms with E-state index in [2.05, 4.69) is 5.32 Å². The van der Waals surface area contributed by atoms with Crippen LogP contribution in [0.1, 0.15) is 33.6 Å². The van der Waals surface area contributed by atoms with Crippen LogP contribution < -0.4 is 10.0 Å². The number of carbonyl (C=O) groups is 1. The van der Waals surface area contributed by atoms with E-state index in [4.69, 9.17) is 4.84 Å². The maximum absolute atomic E-state index is 11.9. The topological polar surface area (TPSA) is 112 Å². The lowest BCUT2D eigenvalue weighted by atomic mass is 9.98. The minimum atomic E-state index is -0.568. The van der Waals surface area contributed by atoms with Crippen molar-refractivity contribution in [2.75, 3.05) is 18.4 Å². The molecule has 9 nitrogen and oxygen atoms in total. The molecule has 1 aromatic rings. The van der Waals surface area contributed by atoms with Crippen LogP contribution in [0.15, 0.2) is 18.5 Å². The van der Waals surface area contributed by atoms with Crippen LogP contribution in [0.2, 0.25) is 0 Å². The highest BCUT2D eigenvalue weighted by molar-refractivity contribution is 5.75. The molecular formula is C15H22N4O5. The Morgan fingerprint density at radius 2 is 2.04 bits per heavy atom. The molecule has 1 aromatic heterocycles. The summed E-state index contributed by atoms with van der Waals surface area (Å²) in [6.07, 6.45) is 3.53. The summed E-state index contributed by atoms with van der Waals surface area (Å²) in [5.41, 5.74) is -0.507. The molecule has 24 heavy (non-hydrogen) atoms. The van der Waals surface area contributed by atoms with Gasteiger partial charge in [-0.05, 0) is 33.6 Å². The van der Waals surface area contributed by atoms with Crippen LogP contribution >= 0.6 is 0 Å². The van der Waals surface area contributed by atoms with Crippen molar-refractivity contribution in [3.05, 3.63) is 33.8 Å². The van der Waals surface area contributed by atoms with E-state index in [0.29, 0.717) is 30.7 Å². The molecule has 0 aliphatic carbocycles. The Balaban J connectivity index is 1.93. The molecule has 0 radical (unpaired) electrons. The molecule has 9 heteroatoms. The van der Waals surface area contributed by atoms with E-state index < -0.39 is 10.3 Å². The average molecular weight is 338 g/mol. The smallest absolute Gasteiger partial charge is 0.330 e. The van der Waals surface area contributed by atoms with Crippen LogP contribution in [0.5, 0.6) is 0 Å². The number of hydroxylamine groups is 2. The lowest BCUT2D eigenvalue weighted by Gasteiger charge is -2.32. The summed E-state index contributed by atoms with van der Waals surface area (Å²) in [7, 11) is 0. The first-order valence-electron chi connectivity index (χ1n) is 7.78. The molecule has 0 unspecified atom stereocenters. The summed E-state index contributed by atoms with van der Waals surface area (Å²) in [5.74, 6) is -0.292. The van der Waals surface area contributed by atoms with E-state index in [9.17, 15) is 20.1 Å². The van der Waals surface area contributed by atoms with E-state index >= 15 is 0 Å². The van der Waals surface area contributed by atoms with E-state index in [-0.39, 0.29) is 23.4 Å². The van der Waals surface area contributed by atoms with Gasteiger partial charge in [0.1, 0.15) is 0 Å². The number of rotatable bonds is 4. The fourth-order valence-electron chi connectivity index (χ4n) is 2.31. The number of anilines is 1. The second-order valence-electron chi connectivity index (χ2n) is 6.84. The molecule has 2 heterocycles. The molecule has 0 atom stereocenters. The molecular weight excluding hydrogens is 316 g/mol. The zero-order valence-electron chi connectivity index (χ0n) is 14.0. The molecule has 1 fully saturated rings. The van der Waals surface area contributed by atoms with Crippen molar-refractivity contribution < 1.29 is 19.3 Å². The van der Waals surface area contributed by atoms with Gasteiger partial charge in [-0.3, -0.25) is 10.1 Å². The van der Waals surface area contributed by atoms with Gasteiger partial charge in [-0.1, -0.05) is 0 Å². The van der Waals surface area contributed by atoms with Gasteiger partial charge >= 0.3 is 11.7 Å². The second-order valence-corrected chi connectivity index (χ2v) is 6.84. The van der Waals surface area contributed by atoms with Gasteiger partial charge in [0.15, 0.2) is 11.9 Å². The maximum atomic E-state index is 11.9. The SMILES string of the molecule is CC(C)(C)C(=O)ON1CCC(Nc2c[n+]([O-])ccc2[N+](=O)[O-])CC1. The van der Waals surface area contributed by atoms with E-state index in [0.717, 1.165) is 12.4 Å². The zero-order chi connectivity index (χ0) is 17.9.